The molecule has 1 amide bonds. The maximum atomic E-state index is 12.8. The first-order valence-electron chi connectivity index (χ1n) is 6.78. The topological polar surface area (TPSA) is 59.0 Å². The van der Waals surface area contributed by atoms with Crippen molar-refractivity contribution in [2.75, 3.05) is 13.6 Å². The molecule has 0 saturated heterocycles. The van der Waals surface area contributed by atoms with E-state index in [-0.39, 0.29) is 24.1 Å². The summed E-state index contributed by atoms with van der Waals surface area (Å²) in [5.41, 5.74) is 1.80. The fraction of sp³-hybridized carbons (Fsp3) is 0.333. The van der Waals surface area contributed by atoms with Crippen LogP contribution >= 0.6 is 12.4 Å². The first kappa shape index (κ1) is 18.1. The molecule has 2 rings (SSSR count). The third kappa shape index (κ3) is 4.82. The van der Waals surface area contributed by atoms with Crippen LogP contribution in [0.4, 0.5) is 4.39 Å². The maximum absolute atomic E-state index is 12.8. The Bertz CT molecular complexity index is 600. The molecule has 120 valence electrons. The Morgan fingerprint density at radius 2 is 2.05 bits per heavy atom. The monoisotopic (exact) mass is 326 g/mol. The lowest BCUT2D eigenvalue weighted by Crippen LogP contribution is -2.36. The summed E-state index contributed by atoms with van der Waals surface area (Å²) in [4.78, 5) is 12.2. The van der Waals surface area contributed by atoms with E-state index in [0.717, 1.165) is 11.1 Å². The van der Waals surface area contributed by atoms with Crippen LogP contribution in [0, 0.1) is 5.82 Å². The van der Waals surface area contributed by atoms with Gasteiger partial charge in [-0.3, -0.25) is 9.48 Å². The first-order valence-corrected chi connectivity index (χ1v) is 6.78. The number of aromatic nitrogens is 2. The summed E-state index contributed by atoms with van der Waals surface area (Å²) in [7, 11) is 3.54. The zero-order valence-electron chi connectivity index (χ0n) is 12.5. The summed E-state index contributed by atoms with van der Waals surface area (Å²) < 4.78 is 14.5. The van der Waals surface area contributed by atoms with Crippen LogP contribution in [0.3, 0.4) is 0 Å². The second-order valence-electron chi connectivity index (χ2n) is 4.84. The molecule has 0 fully saturated rings. The molecule has 1 heterocycles. The smallest absolute Gasteiger partial charge is 0.241 e. The number of rotatable bonds is 6. The van der Waals surface area contributed by atoms with E-state index in [2.05, 4.69) is 15.7 Å². The maximum Gasteiger partial charge on any atom is 0.241 e. The van der Waals surface area contributed by atoms with Gasteiger partial charge in [0, 0.05) is 25.4 Å². The Balaban J connectivity index is 0.00000242. The highest BCUT2D eigenvalue weighted by Gasteiger charge is 2.19. The second-order valence-corrected chi connectivity index (χ2v) is 4.84. The molecule has 0 aliphatic rings. The Hall–Kier alpha value is -1.92. The van der Waals surface area contributed by atoms with Gasteiger partial charge >= 0.3 is 0 Å². The van der Waals surface area contributed by atoms with Gasteiger partial charge in [-0.1, -0.05) is 12.1 Å². The average molecular weight is 327 g/mol. The average Bonchev–Trinajstić information content (AvgIpc) is 2.88. The van der Waals surface area contributed by atoms with E-state index < -0.39 is 6.04 Å². The van der Waals surface area contributed by atoms with Gasteiger partial charge in [0.1, 0.15) is 11.9 Å². The highest BCUT2D eigenvalue weighted by Crippen LogP contribution is 2.11. The molecule has 2 aromatic rings. The van der Waals surface area contributed by atoms with Gasteiger partial charge in [-0.25, -0.2) is 4.39 Å². The summed E-state index contributed by atoms with van der Waals surface area (Å²) in [6, 6.07) is 5.86. The van der Waals surface area contributed by atoms with Gasteiger partial charge in [0.25, 0.3) is 0 Å². The molecule has 1 atom stereocenters. The fourth-order valence-corrected chi connectivity index (χ4v) is 2.12. The fourth-order valence-electron chi connectivity index (χ4n) is 2.12. The molecule has 7 heteroatoms. The van der Waals surface area contributed by atoms with Gasteiger partial charge in [0.05, 0.1) is 6.20 Å². The summed E-state index contributed by atoms with van der Waals surface area (Å²) in [6.45, 7) is 0.503. The van der Waals surface area contributed by atoms with Gasteiger partial charge < -0.3 is 10.6 Å². The first-order chi connectivity index (χ1) is 10.1. The van der Waals surface area contributed by atoms with Crippen molar-refractivity contribution in [1.29, 1.82) is 0 Å². The zero-order valence-corrected chi connectivity index (χ0v) is 13.4. The SMILES string of the molecule is CNC(C(=O)NCCc1ccc(F)cc1)c1cnn(C)c1.Cl. The van der Waals surface area contributed by atoms with E-state index in [1.807, 2.05) is 7.05 Å². The predicted molar refractivity (Wildman–Crippen MR) is 85.4 cm³/mol. The van der Waals surface area contributed by atoms with E-state index in [9.17, 15) is 9.18 Å². The molecule has 0 radical (unpaired) electrons. The van der Waals surface area contributed by atoms with Crippen LogP contribution in [-0.2, 0) is 18.3 Å². The number of benzene rings is 1. The van der Waals surface area contributed by atoms with E-state index in [1.165, 1.54) is 12.1 Å². The minimum Gasteiger partial charge on any atom is -0.354 e. The van der Waals surface area contributed by atoms with Crippen LogP contribution < -0.4 is 10.6 Å². The van der Waals surface area contributed by atoms with E-state index in [1.54, 1.807) is 36.3 Å². The van der Waals surface area contributed by atoms with Crippen molar-refractivity contribution in [3.63, 3.8) is 0 Å². The summed E-state index contributed by atoms with van der Waals surface area (Å²) >= 11 is 0. The molecule has 0 bridgehead atoms. The summed E-state index contributed by atoms with van der Waals surface area (Å²) in [5.74, 6) is -0.359. The van der Waals surface area contributed by atoms with Crippen molar-refractivity contribution in [3.8, 4) is 0 Å². The summed E-state index contributed by atoms with van der Waals surface area (Å²) in [5, 5.41) is 9.91. The molecular formula is C15H20ClFN4O. The molecule has 0 aliphatic heterocycles. The van der Waals surface area contributed by atoms with Gasteiger partial charge in [0.15, 0.2) is 0 Å². The number of carbonyl (C=O) groups excluding carboxylic acids is 1. The van der Waals surface area contributed by atoms with Crippen molar-refractivity contribution >= 4 is 18.3 Å². The Morgan fingerprint density at radius 3 is 2.59 bits per heavy atom. The number of nitrogens with one attached hydrogen (secondary N) is 2. The number of likely N-dealkylation sites (N-methyl/N-ethyl adjacent to an activating group) is 1. The second kappa shape index (κ2) is 8.51. The molecule has 1 aromatic carbocycles. The zero-order chi connectivity index (χ0) is 15.2. The van der Waals surface area contributed by atoms with Crippen LogP contribution in [0.15, 0.2) is 36.7 Å². The van der Waals surface area contributed by atoms with Crippen LogP contribution in [0.2, 0.25) is 0 Å². The molecule has 2 N–H and O–H groups in total. The van der Waals surface area contributed by atoms with Crippen LogP contribution in [-0.4, -0.2) is 29.3 Å². The third-order valence-electron chi connectivity index (χ3n) is 3.24. The van der Waals surface area contributed by atoms with Crippen LogP contribution in [0.5, 0.6) is 0 Å². The van der Waals surface area contributed by atoms with Crippen LogP contribution in [0.1, 0.15) is 17.2 Å². The van der Waals surface area contributed by atoms with Gasteiger partial charge in [-0.2, -0.15) is 5.10 Å². The molecule has 1 aromatic heterocycles. The number of hydrogen-bond donors (Lipinski definition) is 2. The number of amides is 1. The minimum atomic E-state index is -0.424. The minimum absolute atomic E-state index is 0. The van der Waals surface area contributed by atoms with Gasteiger partial charge in [-0.05, 0) is 31.2 Å². The lowest BCUT2D eigenvalue weighted by molar-refractivity contribution is -0.123. The van der Waals surface area contributed by atoms with E-state index >= 15 is 0 Å². The predicted octanol–water partition coefficient (Wildman–Crippen LogP) is 1.60. The van der Waals surface area contributed by atoms with Crippen LogP contribution in [0.25, 0.3) is 0 Å². The van der Waals surface area contributed by atoms with E-state index in [4.69, 9.17) is 0 Å². The normalized spacial score (nSPS) is 11.6. The molecular weight excluding hydrogens is 307 g/mol. The van der Waals surface area contributed by atoms with E-state index in [0.29, 0.717) is 13.0 Å². The Labute approximate surface area is 135 Å². The quantitative estimate of drug-likeness (QED) is 0.847. The lowest BCUT2D eigenvalue weighted by Gasteiger charge is -2.14. The third-order valence-corrected chi connectivity index (χ3v) is 3.24. The largest absolute Gasteiger partial charge is 0.354 e. The summed E-state index contributed by atoms with van der Waals surface area (Å²) in [6.07, 6.45) is 4.14. The number of halogens is 2. The van der Waals surface area contributed by atoms with Crippen molar-refractivity contribution in [2.45, 2.75) is 12.5 Å². The number of aryl methyl sites for hydroxylation is 1. The van der Waals surface area contributed by atoms with Gasteiger partial charge in [0.2, 0.25) is 5.91 Å². The number of nitrogens with zero attached hydrogens (tertiary/aromatic N) is 2. The molecule has 0 saturated carbocycles. The van der Waals surface area contributed by atoms with Crippen molar-refractivity contribution in [1.82, 2.24) is 20.4 Å². The number of carbonyl (C=O) groups is 1. The van der Waals surface area contributed by atoms with Crippen molar-refractivity contribution in [3.05, 3.63) is 53.6 Å². The Morgan fingerprint density at radius 1 is 1.36 bits per heavy atom. The lowest BCUT2D eigenvalue weighted by atomic mass is 10.1. The van der Waals surface area contributed by atoms with Crippen molar-refractivity contribution < 1.29 is 9.18 Å². The van der Waals surface area contributed by atoms with Gasteiger partial charge in [-0.15, -0.1) is 12.4 Å². The molecule has 0 aliphatic carbocycles. The Kier molecular flexibility index (Phi) is 7.01. The molecule has 5 nitrogen and oxygen atoms in total. The van der Waals surface area contributed by atoms with Crippen molar-refractivity contribution in [2.24, 2.45) is 7.05 Å². The molecule has 1 unspecified atom stereocenters. The number of hydrogen-bond acceptors (Lipinski definition) is 3. The highest BCUT2D eigenvalue weighted by molar-refractivity contribution is 5.85. The molecule has 22 heavy (non-hydrogen) atoms. The molecule has 0 spiro atoms. The highest BCUT2D eigenvalue weighted by atomic mass is 35.5. The standard InChI is InChI=1S/C15H19FN4O.ClH/c1-17-14(12-9-19-20(2)10-12)15(21)18-8-7-11-3-5-13(16)6-4-11;/h3-6,9-10,14,17H,7-8H2,1-2H3,(H,18,21);1H.